The summed E-state index contributed by atoms with van der Waals surface area (Å²) in [5.41, 5.74) is 4.09. The van der Waals surface area contributed by atoms with Gasteiger partial charge in [-0.05, 0) is 55.7 Å². The molecule has 0 aliphatic carbocycles. The Bertz CT molecular complexity index is 767. The third-order valence-corrected chi connectivity index (χ3v) is 4.92. The van der Waals surface area contributed by atoms with Gasteiger partial charge in [-0.3, -0.25) is 4.79 Å². The van der Waals surface area contributed by atoms with E-state index in [2.05, 4.69) is 34.5 Å². The van der Waals surface area contributed by atoms with Crippen molar-refractivity contribution in [3.63, 3.8) is 0 Å². The Morgan fingerprint density at radius 2 is 1.68 bits per heavy atom. The SMILES string of the molecule is CN1C(=O)COc2cc(Nc3ccc(N4CCCCC4)cc3)ccc21. The number of carbonyl (C=O) groups excluding carboxylic acids is 1. The molecule has 2 aromatic carbocycles. The first kappa shape index (κ1) is 15.8. The number of piperidine rings is 1. The maximum absolute atomic E-state index is 11.7. The van der Waals surface area contributed by atoms with Crippen LogP contribution in [0.2, 0.25) is 0 Å². The number of likely N-dealkylation sites (N-methyl/N-ethyl adjacent to an activating group) is 1. The van der Waals surface area contributed by atoms with Crippen LogP contribution in [0, 0.1) is 0 Å². The van der Waals surface area contributed by atoms with E-state index in [0.29, 0.717) is 0 Å². The largest absolute Gasteiger partial charge is 0.481 e. The number of benzene rings is 2. The van der Waals surface area contributed by atoms with Gasteiger partial charge in [0.2, 0.25) is 0 Å². The molecule has 0 aromatic heterocycles. The molecule has 2 aromatic rings. The molecule has 5 nitrogen and oxygen atoms in total. The molecule has 1 N–H and O–H groups in total. The van der Waals surface area contributed by atoms with Gasteiger partial charge in [-0.25, -0.2) is 0 Å². The highest BCUT2D eigenvalue weighted by molar-refractivity contribution is 5.97. The third kappa shape index (κ3) is 3.27. The van der Waals surface area contributed by atoms with Crippen LogP contribution in [-0.4, -0.2) is 32.7 Å². The second kappa shape index (κ2) is 6.67. The van der Waals surface area contributed by atoms with E-state index in [0.717, 1.165) is 35.9 Å². The summed E-state index contributed by atoms with van der Waals surface area (Å²) in [7, 11) is 1.77. The van der Waals surface area contributed by atoms with Crippen molar-refractivity contribution in [1.29, 1.82) is 0 Å². The molecule has 5 heteroatoms. The van der Waals surface area contributed by atoms with Crippen LogP contribution in [0.25, 0.3) is 0 Å². The molecule has 4 rings (SSSR count). The number of hydrogen-bond acceptors (Lipinski definition) is 4. The van der Waals surface area contributed by atoms with Gasteiger partial charge in [-0.15, -0.1) is 0 Å². The van der Waals surface area contributed by atoms with Gasteiger partial charge in [0, 0.05) is 43.3 Å². The van der Waals surface area contributed by atoms with Crippen molar-refractivity contribution in [2.24, 2.45) is 0 Å². The van der Waals surface area contributed by atoms with E-state index in [1.807, 2.05) is 18.2 Å². The van der Waals surface area contributed by atoms with E-state index in [-0.39, 0.29) is 12.5 Å². The van der Waals surface area contributed by atoms with Crippen LogP contribution in [0.4, 0.5) is 22.7 Å². The summed E-state index contributed by atoms with van der Waals surface area (Å²) in [5.74, 6) is 0.707. The number of amides is 1. The van der Waals surface area contributed by atoms with Crippen molar-refractivity contribution >= 4 is 28.7 Å². The fourth-order valence-electron chi connectivity index (χ4n) is 3.43. The molecule has 25 heavy (non-hydrogen) atoms. The predicted octanol–water partition coefficient (Wildman–Crippen LogP) is 3.78. The fraction of sp³-hybridized carbons (Fsp3) is 0.350. The number of anilines is 4. The Hall–Kier alpha value is -2.69. The predicted molar refractivity (Wildman–Crippen MR) is 101 cm³/mol. The van der Waals surface area contributed by atoms with Crippen molar-refractivity contribution < 1.29 is 9.53 Å². The van der Waals surface area contributed by atoms with Crippen molar-refractivity contribution in [1.82, 2.24) is 0 Å². The van der Waals surface area contributed by atoms with Crippen molar-refractivity contribution in [3.05, 3.63) is 42.5 Å². The Morgan fingerprint density at radius 1 is 0.960 bits per heavy atom. The third-order valence-electron chi connectivity index (χ3n) is 4.92. The highest BCUT2D eigenvalue weighted by atomic mass is 16.5. The van der Waals surface area contributed by atoms with Crippen molar-refractivity contribution in [2.75, 3.05) is 41.9 Å². The smallest absolute Gasteiger partial charge is 0.264 e. The summed E-state index contributed by atoms with van der Waals surface area (Å²) in [6, 6.07) is 14.4. The average molecular weight is 337 g/mol. The Kier molecular flexibility index (Phi) is 4.22. The van der Waals surface area contributed by atoms with Gasteiger partial charge in [0.05, 0.1) is 5.69 Å². The van der Waals surface area contributed by atoms with Gasteiger partial charge >= 0.3 is 0 Å². The Labute approximate surface area is 148 Å². The van der Waals surface area contributed by atoms with Crippen LogP contribution in [0.3, 0.4) is 0 Å². The topological polar surface area (TPSA) is 44.8 Å². The molecule has 130 valence electrons. The summed E-state index contributed by atoms with van der Waals surface area (Å²) < 4.78 is 5.55. The number of fused-ring (bicyclic) bond motifs is 1. The zero-order valence-electron chi connectivity index (χ0n) is 14.5. The molecule has 2 aliphatic heterocycles. The highest BCUT2D eigenvalue weighted by Gasteiger charge is 2.22. The second-order valence-corrected chi connectivity index (χ2v) is 6.64. The first-order chi connectivity index (χ1) is 12.2. The molecule has 1 fully saturated rings. The molecule has 0 spiro atoms. The van der Waals surface area contributed by atoms with Crippen molar-refractivity contribution in [3.8, 4) is 5.75 Å². The molecule has 2 heterocycles. The first-order valence-electron chi connectivity index (χ1n) is 8.86. The lowest BCUT2D eigenvalue weighted by Gasteiger charge is -2.29. The molecule has 0 atom stereocenters. The van der Waals surface area contributed by atoms with Crippen LogP contribution in [-0.2, 0) is 4.79 Å². The maximum Gasteiger partial charge on any atom is 0.264 e. The van der Waals surface area contributed by atoms with Crippen LogP contribution < -0.4 is 19.9 Å². The summed E-state index contributed by atoms with van der Waals surface area (Å²) >= 11 is 0. The second-order valence-electron chi connectivity index (χ2n) is 6.64. The zero-order valence-corrected chi connectivity index (χ0v) is 14.5. The number of ether oxygens (including phenoxy) is 1. The molecular weight excluding hydrogens is 314 g/mol. The minimum atomic E-state index is -0.0264. The molecule has 1 saturated heterocycles. The number of nitrogens with one attached hydrogen (secondary N) is 1. The monoisotopic (exact) mass is 337 g/mol. The van der Waals surface area contributed by atoms with E-state index in [4.69, 9.17) is 4.74 Å². The lowest BCUT2D eigenvalue weighted by molar-refractivity contribution is -0.120. The van der Waals surface area contributed by atoms with Crippen LogP contribution in [0.5, 0.6) is 5.75 Å². The van der Waals surface area contributed by atoms with Gasteiger partial charge in [0.15, 0.2) is 6.61 Å². The van der Waals surface area contributed by atoms with Crippen LogP contribution in [0.1, 0.15) is 19.3 Å². The maximum atomic E-state index is 11.7. The quantitative estimate of drug-likeness (QED) is 0.926. The lowest BCUT2D eigenvalue weighted by atomic mass is 10.1. The van der Waals surface area contributed by atoms with Gasteiger partial charge in [0.25, 0.3) is 5.91 Å². The van der Waals surface area contributed by atoms with Gasteiger partial charge in [-0.1, -0.05) is 0 Å². The molecule has 1 amide bonds. The van der Waals surface area contributed by atoms with Gasteiger partial charge < -0.3 is 19.9 Å². The minimum Gasteiger partial charge on any atom is -0.481 e. The Balaban J connectivity index is 1.48. The van der Waals surface area contributed by atoms with E-state index in [9.17, 15) is 4.79 Å². The summed E-state index contributed by atoms with van der Waals surface area (Å²) in [4.78, 5) is 15.8. The normalized spacial score (nSPS) is 17.1. The molecule has 2 aliphatic rings. The van der Waals surface area contributed by atoms with Gasteiger partial charge in [0.1, 0.15) is 5.75 Å². The molecule has 0 bridgehead atoms. The summed E-state index contributed by atoms with van der Waals surface area (Å²) in [6.07, 6.45) is 3.91. The fourth-order valence-corrected chi connectivity index (χ4v) is 3.43. The standard InChI is InChI=1S/C20H23N3O2/c1-22-18-10-7-16(13-19(18)25-14-20(22)24)21-15-5-8-17(9-6-15)23-11-3-2-4-12-23/h5-10,13,21H,2-4,11-12,14H2,1H3. The molecular formula is C20H23N3O2. The molecule has 0 unspecified atom stereocenters. The molecule has 0 saturated carbocycles. The number of nitrogens with zero attached hydrogens (tertiary/aromatic N) is 2. The number of rotatable bonds is 3. The highest BCUT2D eigenvalue weighted by Crippen LogP contribution is 2.34. The number of hydrogen-bond donors (Lipinski definition) is 1. The lowest BCUT2D eigenvalue weighted by Crippen LogP contribution is -2.35. The summed E-state index contributed by atoms with van der Waals surface area (Å²) in [5, 5.41) is 3.41. The summed E-state index contributed by atoms with van der Waals surface area (Å²) in [6.45, 7) is 2.40. The Morgan fingerprint density at radius 3 is 2.44 bits per heavy atom. The zero-order chi connectivity index (χ0) is 17.2. The van der Waals surface area contributed by atoms with E-state index >= 15 is 0 Å². The average Bonchev–Trinajstić information content (AvgIpc) is 2.66. The molecule has 0 radical (unpaired) electrons. The van der Waals surface area contributed by atoms with E-state index in [1.54, 1.807) is 11.9 Å². The minimum absolute atomic E-state index is 0.0264. The van der Waals surface area contributed by atoms with Crippen LogP contribution >= 0.6 is 0 Å². The van der Waals surface area contributed by atoms with Gasteiger partial charge in [-0.2, -0.15) is 0 Å². The first-order valence-corrected chi connectivity index (χ1v) is 8.86. The van der Waals surface area contributed by atoms with Crippen molar-refractivity contribution in [2.45, 2.75) is 19.3 Å². The number of carbonyl (C=O) groups is 1. The van der Waals surface area contributed by atoms with Crippen LogP contribution in [0.15, 0.2) is 42.5 Å². The van der Waals surface area contributed by atoms with E-state index < -0.39 is 0 Å². The van der Waals surface area contributed by atoms with E-state index in [1.165, 1.54) is 24.9 Å².